The van der Waals surface area contributed by atoms with E-state index in [1.807, 2.05) is 57.2 Å². The molecule has 9 nitrogen and oxygen atoms in total. The fraction of sp³-hybridized carbons (Fsp3) is 0.622. The number of carbonyl (C=O) groups excluding carboxylic acids is 1. The lowest BCUT2D eigenvalue weighted by Crippen LogP contribution is -2.42. The van der Waals surface area contributed by atoms with Gasteiger partial charge in [0.2, 0.25) is 0 Å². The molecule has 2 aromatic carbocycles. The minimum Gasteiger partial charge on any atom is -0.480 e. The van der Waals surface area contributed by atoms with Crippen LogP contribution in [-0.2, 0) is 25.9 Å². The average Bonchev–Trinajstić information content (AvgIpc) is 3.57. The van der Waals surface area contributed by atoms with Gasteiger partial charge in [0.15, 0.2) is 0 Å². The van der Waals surface area contributed by atoms with E-state index in [9.17, 15) is 23.1 Å². The molecular formula is C37H63N3O6S. The number of nitrogens with zero attached hydrogens (tertiary/aromatic N) is 1. The number of aryl methyl sites for hydroxylation is 1. The van der Waals surface area contributed by atoms with Crippen molar-refractivity contribution in [2.24, 2.45) is 5.73 Å². The molecule has 0 spiro atoms. The summed E-state index contributed by atoms with van der Waals surface area (Å²) in [6.07, 6.45) is 9.96. The van der Waals surface area contributed by atoms with Crippen LogP contribution in [0.2, 0.25) is 0 Å². The van der Waals surface area contributed by atoms with Crippen LogP contribution in [0.3, 0.4) is 0 Å². The number of ether oxygens (including phenoxy) is 1. The largest absolute Gasteiger partial charge is 0.480 e. The van der Waals surface area contributed by atoms with Gasteiger partial charge in [-0.05, 0) is 100.0 Å². The molecule has 47 heavy (non-hydrogen) atoms. The summed E-state index contributed by atoms with van der Waals surface area (Å²) in [5.41, 5.74) is 9.14. The number of hydrogen-bond donors (Lipinski definition) is 3. The van der Waals surface area contributed by atoms with Crippen LogP contribution in [0.15, 0.2) is 42.5 Å². The van der Waals surface area contributed by atoms with Gasteiger partial charge in [-0.25, -0.2) is 13.2 Å². The van der Waals surface area contributed by atoms with Crippen molar-refractivity contribution < 1.29 is 27.9 Å². The topological polar surface area (TPSA) is 139 Å². The number of unbranched alkanes of at least 4 members (excludes halogenated alkanes) is 2. The summed E-state index contributed by atoms with van der Waals surface area (Å²) in [6, 6.07) is 12.1. The van der Waals surface area contributed by atoms with E-state index in [4.69, 9.17) is 10.5 Å². The van der Waals surface area contributed by atoms with Crippen LogP contribution in [0.5, 0.6) is 0 Å². The number of rotatable bonds is 15. The second-order valence-corrected chi connectivity index (χ2v) is 14.1. The Kier molecular flexibility index (Phi) is 23.8. The second kappa shape index (κ2) is 25.3. The fourth-order valence-electron chi connectivity index (χ4n) is 4.81. The van der Waals surface area contributed by atoms with Gasteiger partial charge in [0.05, 0.1) is 11.9 Å². The van der Waals surface area contributed by atoms with Crippen molar-refractivity contribution in [1.82, 2.24) is 10.2 Å². The minimum atomic E-state index is -3.35. The number of nitrogens with one attached hydrogen (secondary N) is 1. The summed E-state index contributed by atoms with van der Waals surface area (Å²) < 4.78 is 28.0. The predicted octanol–water partition coefficient (Wildman–Crippen LogP) is 6.86. The van der Waals surface area contributed by atoms with Crippen LogP contribution in [0, 0.1) is 6.92 Å². The number of likely N-dealkylation sites (tertiary alicyclic amines) is 1. The SMILES string of the molecule is CC.CCCCCC(C)OC.CCCN.Cc1ccccc1-c1cc(CN2CCCC2)ccc1C(=O)NC(CCS(C)(=O)=O)C(=O)O. The lowest BCUT2D eigenvalue weighted by Gasteiger charge is -2.19. The number of nitrogens with two attached hydrogens (primary N) is 1. The molecule has 268 valence electrons. The van der Waals surface area contributed by atoms with Crippen molar-refractivity contribution in [3.05, 3.63) is 59.2 Å². The third-order valence-electron chi connectivity index (χ3n) is 7.65. The van der Waals surface area contributed by atoms with E-state index in [0.29, 0.717) is 11.7 Å². The van der Waals surface area contributed by atoms with Gasteiger partial charge in [-0.15, -0.1) is 0 Å². The molecule has 2 unspecified atom stereocenters. The molecule has 10 heteroatoms. The number of hydrogen-bond acceptors (Lipinski definition) is 7. The summed E-state index contributed by atoms with van der Waals surface area (Å²) in [7, 11) is -1.57. The zero-order chi connectivity index (χ0) is 35.8. The zero-order valence-electron chi connectivity index (χ0n) is 30.3. The maximum absolute atomic E-state index is 13.1. The maximum Gasteiger partial charge on any atom is 0.326 e. The van der Waals surface area contributed by atoms with Gasteiger partial charge in [-0.3, -0.25) is 9.69 Å². The minimum absolute atomic E-state index is 0.188. The first-order valence-electron chi connectivity index (χ1n) is 17.2. The number of carbonyl (C=O) groups is 2. The zero-order valence-corrected chi connectivity index (χ0v) is 31.1. The molecule has 2 aromatic rings. The lowest BCUT2D eigenvalue weighted by molar-refractivity contribution is -0.139. The molecule has 3 rings (SSSR count). The first-order valence-corrected chi connectivity index (χ1v) is 19.3. The van der Waals surface area contributed by atoms with Crippen molar-refractivity contribution in [2.45, 2.75) is 112 Å². The standard InChI is InChI=1S/C24H30N2O5S.C8H18O.C3H9N.C2H6/c1-17-7-3-4-8-19(17)21-15-18(16-26-12-5-6-13-26)9-10-20(21)23(27)25-22(24(28)29)11-14-32(2,30)31;1-4-5-6-7-8(2)9-3;1-2-3-4;1-2/h3-4,7-10,15,22H,5-6,11-14,16H2,1-2H3,(H,25,27)(H,28,29);8H,4-7H2,1-3H3;2-4H2,1H3;1-2H3. The Morgan fingerprint density at radius 3 is 2.13 bits per heavy atom. The molecule has 4 N–H and O–H groups in total. The number of amides is 1. The summed E-state index contributed by atoms with van der Waals surface area (Å²) in [5.74, 6) is -2.11. The Morgan fingerprint density at radius 2 is 1.62 bits per heavy atom. The van der Waals surface area contributed by atoms with Crippen LogP contribution in [0.4, 0.5) is 0 Å². The molecule has 2 atom stereocenters. The molecule has 1 aliphatic rings. The molecule has 1 amide bonds. The number of carboxylic acids is 1. The Balaban J connectivity index is 0.00000118. The van der Waals surface area contributed by atoms with Gasteiger partial charge >= 0.3 is 5.97 Å². The third kappa shape index (κ3) is 19.0. The van der Waals surface area contributed by atoms with Crippen molar-refractivity contribution in [3.8, 4) is 11.1 Å². The quantitative estimate of drug-likeness (QED) is 0.174. The summed E-state index contributed by atoms with van der Waals surface area (Å²) >= 11 is 0. The Bertz CT molecular complexity index is 1260. The summed E-state index contributed by atoms with van der Waals surface area (Å²) in [6.45, 7) is 16.1. The highest BCUT2D eigenvalue weighted by Crippen LogP contribution is 2.29. The molecule has 0 saturated carbocycles. The molecule has 1 saturated heterocycles. The van der Waals surface area contributed by atoms with E-state index in [0.717, 1.165) is 61.1 Å². The first-order chi connectivity index (χ1) is 22.4. The summed E-state index contributed by atoms with van der Waals surface area (Å²) in [5, 5.41) is 12.0. The number of benzene rings is 2. The average molecular weight is 678 g/mol. The maximum atomic E-state index is 13.1. The number of aliphatic carboxylic acids is 1. The van der Waals surface area contributed by atoms with Crippen molar-refractivity contribution >= 4 is 21.7 Å². The molecular weight excluding hydrogens is 614 g/mol. The molecule has 1 fully saturated rings. The van der Waals surface area contributed by atoms with Gasteiger partial charge in [0.1, 0.15) is 15.9 Å². The van der Waals surface area contributed by atoms with Crippen LogP contribution >= 0.6 is 0 Å². The van der Waals surface area contributed by atoms with Crippen LogP contribution in [-0.4, -0.2) is 81.2 Å². The smallest absolute Gasteiger partial charge is 0.326 e. The fourth-order valence-corrected chi connectivity index (χ4v) is 5.47. The van der Waals surface area contributed by atoms with E-state index in [1.165, 1.54) is 38.5 Å². The van der Waals surface area contributed by atoms with Gasteiger partial charge in [0.25, 0.3) is 5.91 Å². The summed E-state index contributed by atoms with van der Waals surface area (Å²) in [4.78, 5) is 27.1. The number of sulfone groups is 1. The van der Waals surface area contributed by atoms with Gasteiger partial charge < -0.3 is 20.9 Å². The first kappa shape index (κ1) is 44.2. The molecule has 0 radical (unpaired) electrons. The highest BCUT2D eigenvalue weighted by molar-refractivity contribution is 7.90. The predicted molar refractivity (Wildman–Crippen MR) is 196 cm³/mol. The van der Waals surface area contributed by atoms with E-state index < -0.39 is 27.8 Å². The van der Waals surface area contributed by atoms with Crippen molar-refractivity contribution in [2.75, 3.05) is 38.8 Å². The second-order valence-electron chi connectivity index (χ2n) is 11.8. The Hall–Kier alpha value is -2.79. The van der Waals surface area contributed by atoms with E-state index >= 15 is 0 Å². The van der Waals surface area contributed by atoms with Crippen LogP contribution in [0.1, 0.15) is 107 Å². The Labute approximate surface area is 285 Å². The third-order valence-corrected chi connectivity index (χ3v) is 8.63. The normalized spacial score (nSPS) is 13.9. The number of carboxylic acid groups (broad SMARTS) is 1. The van der Waals surface area contributed by atoms with E-state index in [1.54, 1.807) is 13.2 Å². The van der Waals surface area contributed by atoms with Gasteiger partial charge in [0, 0.05) is 25.5 Å². The van der Waals surface area contributed by atoms with E-state index in [-0.39, 0.29) is 12.2 Å². The monoisotopic (exact) mass is 677 g/mol. The van der Waals surface area contributed by atoms with Gasteiger partial charge in [-0.2, -0.15) is 0 Å². The number of methoxy groups -OCH3 is 1. The van der Waals surface area contributed by atoms with E-state index in [2.05, 4.69) is 31.0 Å². The molecule has 0 bridgehead atoms. The molecule has 0 aromatic heterocycles. The molecule has 1 heterocycles. The van der Waals surface area contributed by atoms with Crippen LogP contribution < -0.4 is 11.1 Å². The van der Waals surface area contributed by atoms with Crippen molar-refractivity contribution in [1.29, 1.82) is 0 Å². The highest BCUT2D eigenvalue weighted by Gasteiger charge is 2.24. The molecule has 0 aliphatic carbocycles. The molecule has 1 aliphatic heterocycles. The van der Waals surface area contributed by atoms with Crippen molar-refractivity contribution in [3.63, 3.8) is 0 Å². The lowest BCUT2D eigenvalue weighted by atomic mass is 9.93. The highest BCUT2D eigenvalue weighted by atomic mass is 32.2. The van der Waals surface area contributed by atoms with Gasteiger partial charge in [-0.1, -0.05) is 77.3 Å². The Morgan fingerprint density at radius 1 is 1.00 bits per heavy atom. The van der Waals surface area contributed by atoms with Crippen LogP contribution in [0.25, 0.3) is 11.1 Å².